The van der Waals surface area contributed by atoms with Crippen LogP contribution in [0.4, 0.5) is 10.1 Å². The van der Waals surface area contributed by atoms with Crippen LogP contribution in [0.15, 0.2) is 65.6 Å². The van der Waals surface area contributed by atoms with Crippen LogP contribution < -0.4 is 4.90 Å². The van der Waals surface area contributed by atoms with Crippen LogP contribution in [0.1, 0.15) is 24.2 Å². The number of carbonyl (C=O) groups is 1. The molecule has 152 valence electrons. The Balaban J connectivity index is 2.04. The molecule has 1 amide bonds. The molecule has 0 fully saturated rings. The average molecular weight is 415 g/mol. The minimum Gasteiger partial charge on any atom is -0.311 e. The minimum absolute atomic E-state index is 0.104. The summed E-state index contributed by atoms with van der Waals surface area (Å²) < 4.78 is 41.1. The van der Waals surface area contributed by atoms with E-state index in [0.717, 1.165) is 27.2 Å². The fourth-order valence-electron chi connectivity index (χ4n) is 3.34. The molecule has 0 aliphatic heterocycles. The van der Waals surface area contributed by atoms with E-state index in [1.165, 1.54) is 11.0 Å². The number of halogens is 1. The maximum absolute atomic E-state index is 14.4. The van der Waals surface area contributed by atoms with Gasteiger partial charge in [0.05, 0.1) is 5.69 Å². The van der Waals surface area contributed by atoms with Gasteiger partial charge in [-0.2, -0.15) is 4.31 Å². The summed E-state index contributed by atoms with van der Waals surface area (Å²) in [7, 11) is -2.41. The van der Waals surface area contributed by atoms with Crippen molar-refractivity contribution in [3.8, 4) is 0 Å². The van der Waals surface area contributed by atoms with Crippen molar-refractivity contribution in [2.45, 2.75) is 18.7 Å². The molecule has 0 saturated heterocycles. The van der Waals surface area contributed by atoms with Crippen LogP contribution in [0.5, 0.6) is 0 Å². The fraction of sp³-hybridized carbons (Fsp3) is 0.227. The molecule has 0 radical (unpaired) electrons. The third kappa shape index (κ3) is 3.88. The number of anilines is 1. The summed E-state index contributed by atoms with van der Waals surface area (Å²) in [5, 5.41) is 1.87. The summed E-state index contributed by atoms with van der Waals surface area (Å²) in [6, 6.07) is 16.7. The minimum atomic E-state index is -4.03. The number of benzene rings is 3. The number of sulfonamides is 1. The fourth-order valence-corrected chi connectivity index (χ4v) is 4.89. The first-order valence-electron chi connectivity index (χ1n) is 9.36. The standard InChI is InChI=1S/C22H23FN2O3S/c1-4-25(5-2)29(27,28)21-15-17(13-14-19(21)23)22(26)24(3)20-12-8-10-16-9-6-7-11-18(16)20/h6-15H,4-5H2,1-3H3. The van der Waals surface area contributed by atoms with Gasteiger partial charge in [0.15, 0.2) is 0 Å². The topological polar surface area (TPSA) is 57.7 Å². The van der Waals surface area contributed by atoms with Crippen molar-refractivity contribution in [1.82, 2.24) is 4.31 Å². The van der Waals surface area contributed by atoms with Crippen LogP contribution in [-0.4, -0.2) is 38.8 Å². The van der Waals surface area contributed by atoms with E-state index in [1.54, 1.807) is 20.9 Å². The molecule has 3 aromatic carbocycles. The highest BCUT2D eigenvalue weighted by molar-refractivity contribution is 7.89. The summed E-state index contributed by atoms with van der Waals surface area (Å²) in [5.41, 5.74) is 0.790. The van der Waals surface area contributed by atoms with E-state index in [-0.39, 0.29) is 18.7 Å². The molecule has 0 bridgehead atoms. The number of carbonyl (C=O) groups excluding carboxylic acids is 1. The van der Waals surface area contributed by atoms with Gasteiger partial charge in [0.1, 0.15) is 10.7 Å². The number of amides is 1. The molecule has 0 heterocycles. The predicted molar refractivity (Wildman–Crippen MR) is 113 cm³/mol. The van der Waals surface area contributed by atoms with E-state index in [1.807, 2.05) is 42.5 Å². The molecule has 0 atom stereocenters. The quantitative estimate of drug-likeness (QED) is 0.605. The zero-order valence-corrected chi connectivity index (χ0v) is 17.4. The summed E-state index contributed by atoms with van der Waals surface area (Å²) in [5.74, 6) is -1.29. The van der Waals surface area contributed by atoms with Crippen molar-refractivity contribution in [3.63, 3.8) is 0 Å². The summed E-state index contributed by atoms with van der Waals surface area (Å²) in [6.45, 7) is 3.79. The van der Waals surface area contributed by atoms with Gasteiger partial charge in [-0.25, -0.2) is 12.8 Å². The average Bonchev–Trinajstić information content (AvgIpc) is 2.73. The van der Waals surface area contributed by atoms with Crippen molar-refractivity contribution in [2.24, 2.45) is 0 Å². The smallest absolute Gasteiger partial charge is 0.258 e. The Morgan fingerprint density at radius 3 is 2.31 bits per heavy atom. The highest BCUT2D eigenvalue weighted by atomic mass is 32.2. The first kappa shape index (κ1) is 21.0. The molecule has 0 aromatic heterocycles. The van der Waals surface area contributed by atoms with Crippen molar-refractivity contribution in [3.05, 3.63) is 72.0 Å². The van der Waals surface area contributed by atoms with E-state index in [0.29, 0.717) is 5.69 Å². The van der Waals surface area contributed by atoms with Gasteiger partial charge >= 0.3 is 0 Å². The predicted octanol–water partition coefficient (Wildman–Crippen LogP) is 4.29. The van der Waals surface area contributed by atoms with E-state index in [2.05, 4.69) is 0 Å². The molecule has 0 aliphatic carbocycles. The van der Waals surface area contributed by atoms with Crippen molar-refractivity contribution >= 4 is 32.4 Å². The highest BCUT2D eigenvalue weighted by Crippen LogP contribution is 2.28. The molecule has 5 nitrogen and oxygen atoms in total. The molecule has 29 heavy (non-hydrogen) atoms. The number of nitrogens with zero attached hydrogens (tertiary/aromatic N) is 2. The van der Waals surface area contributed by atoms with Crippen LogP contribution in [-0.2, 0) is 10.0 Å². The van der Waals surface area contributed by atoms with Crippen LogP contribution in [0.3, 0.4) is 0 Å². The van der Waals surface area contributed by atoms with Gasteiger partial charge in [-0.3, -0.25) is 4.79 Å². The van der Waals surface area contributed by atoms with Crippen LogP contribution >= 0.6 is 0 Å². The first-order chi connectivity index (χ1) is 13.8. The van der Waals surface area contributed by atoms with Crippen LogP contribution in [0, 0.1) is 5.82 Å². The Labute approximate surface area is 170 Å². The molecule has 7 heteroatoms. The number of rotatable bonds is 6. The monoisotopic (exact) mass is 414 g/mol. The zero-order chi connectivity index (χ0) is 21.2. The van der Waals surface area contributed by atoms with Gasteiger partial charge in [0.25, 0.3) is 5.91 Å². The molecule has 0 N–H and O–H groups in total. The van der Waals surface area contributed by atoms with Crippen molar-refractivity contribution in [1.29, 1.82) is 0 Å². The zero-order valence-electron chi connectivity index (χ0n) is 16.6. The Hall–Kier alpha value is -2.77. The second-order valence-electron chi connectivity index (χ2n) is 6.60. The lowest BCUT2D eigenvalue weighted by atomic mass is 10.1. The largest absolute Gasteiger partial charge is 0.311 e. The molecular weight excluding hydrogens is 391 g/mol. The molecule has 0 spiro atoms. The maximum atomic E-state index is 14.4. The van der Waals surface area contributed by atoms with Crippen molar-refractivity contribution in [2.75, 3.05) is 25.0 Å². The Kier molecular flexibility index (Phi) is 6.00. The van der Waals surface area contributed by atoms with E-state index in [4.69, 9.17) is 0 Å². The van der Waals surface area contributed by atoms with Gasteiger partial charge in [-0.1, -0.05) is 50.2 Å². The summed E-state index contributed by atoms with van der Waals surface area (Å²) >= 11 is 0. The van der Waals surface area contributed by atoms with Crippen molar-refractivity contribution < 1.29 is 17.6 Å². The number of hydrogen-bond donors (Lipinski definition) is 0. The molecule has 3 rings (SSSR count). The lowest BCUT2D eigenvalue weighted by Crippen LogP contribution is -2.32. The maximum Gasteiger partial charge on any atom is 0.258 e. The normalized spacial score (nSPS) is 11.8. The van der Waals surface area contributed by atoms with Crippen LogP contribution in [0.2, 0.25) is 0 Å². The lowest BCUT2D eigenvalue weighted by molar-refractivity contribution is 0.0993. The lowest BCUT2D eigenvalue weighted by Gasteiger charge is -2.21. The Bertz CT molecular complexity index is 1150. The summed E-state index contributed by atoms with van der Waals surface area (Å²) in [6.07, 6.45) is 0. The Morgan fingerprint density at radius 2 is 1.62 bits per heavy atom. The van der Waals surface area contributed by atoms with E-state index < -0.39 is 26.6 Å². The van der Waals surface area contributed by atoms with Gasteiger partial charge in [0.2, 0.25) is 10.0 Å². The third-order valence-electron chi connectivity index (χ3n) is 4.93. The third-order valence-corrected chi connectivity index (χ3v) is 7.00. The number of fused-ring (bicyclic) bond motifs is 1. The molecule has 0 saturated carbocycles. The SMILES string of the molecule is CCN(CC)S(=O)(=O)c1cc(C(=O)N(C)c2cccc3ccccc23)ccc1F. The van der Waals surface area contributed by atoms with E-state index in [9.17, 15) is 17.6 Å². The van der Waals surface area contributed by atoms with Gasteiger partial charge < -0.3 is 4.90 Å². The molecule has 0 aliphatic rings. The molecule has 3 aromatic rings. The molecule has 0 unspecified atom stereocenters. The van der Waals surface area contributed by atoms with Gasteiger partial charge in [0, 0.05) is 31.1 Å². The second kappa shape index (κ2) is 8.31. The first-order valence-corrected chi connectivity index (χ1v) is 10.8. The summed E-state index contributed by atoms with van der Waals surface area (Å²) in [4.78, 5) is 14.0. The second-order valence-corrected chi connectivity index (χ2v) is 8.50. The van der Waals surface area contributed by atoms with Gasteiger partial charge in [-0.15, -0.1) is 0 Å². The van der Waals surface area contributed by atoms with Gasteiger partial charge in [-0.05, 0) is 29.7 Å². The molecular formula is C22H23FN2O3S. The van der Waals surface area contributed by atoms with E-state index >= 15 is 0 Å². The van der Waals surface area contributed by atoms with Crippen LogP contribution in [0.25, 0.3) is 10.8 Å². The highest BCUT2D eigenvalue weighted by Gasteiger charge is 2.27. The Morgan fingerprint density at radius 1 is 0.966 bits per heavy atom. The number of hydrogen-bond acceptors (Lipinski definition) is 3.